The summed E-state index contributed by atoms with van der Waals surface area (Å²) in [5.41, 5.74) is 1.49. The number of hydrogen-bond acceptors (Lipinski definition) is 4. The molecule has 4 rings (SSSR count). The number of hydrogen-bond donors (Lipinski definition) is 1. The van der Waals surface area contributed by atoms with Gasteiger partial charge in [-0.05, 0) is 37.6 Å². The molecule has 1 N–H and O–H groups in total. The van der Waals surface area contributed by atoms with Gasteiger partial charge in [-0.25, -0.2) is 13.8 Å². The molecule has 0 radical (unpaired) electrons. The number of pyridine rings is 1. The molecule has 1 aliphatic heterocycles. The van der Waals surface area contributed by atoms with Crippen LogP contribution in [0.4, 0.5) is 8.78 Å². The van der Waals surface area contributed by atoms with Crippen molar-refractivity contribution < 1.29 is 8.78 Å². The van der Waals surface area contributed by atoms with E-state index in [2.05, 4.69) is 19.9 Å². The van der Waals surface area contributed by atoms with Crippen LogP contribution in [0.5, 0.6) is 0 Å². The first-order chi connectivity index (χ1) is 13.6. The number of halogens is 2. The van der Waals surface area contributed by atoms with E-state index in [-0.39, 0.29) is 18.1 Å². The number of aromatic amines is 1. The Hall–Kier alpha value is -2.93. The van der Waals surface area contributed by atoms with Gasteiger partial charge in [-0.3, -0.25) is 14.7 Å². The summed E-state index contributed by atoms with van der Waals surface area (Å²) in [4.78, 5) is 25.7. The van der Waals surface area contributed by atoms with Gasteiger partial charge in [0.15, 0.2) is 11.6 Å². The molecule has 1 saturated heterocycles. The number of nitrogens with one attached hydrogen (secondary N) is 1. The van der Waals surface area contributed by atoms with Crippen LogP contribution in [0.1, 0.15) is 36.6 Å². The molecule has 3 aromatic rings. The Morgan fingerprint density at radius 1 is 1.14 bits per heavy atom. The van der Waals surface area contributed by atoms with E-state index < -0.39 is 11.6 Å². The lowest BCUT2D eigenvalue weighted by Gasteiger charge is -2.35. The SMILES string of the molecule is O=c1cc([C@H]2CCCCN2Cc2cccc(F)c2F)nc(-c2ccncc2)[nH]1. The maximum Gasteiger partial charge on any atom is 0.251 e. The van der Waals surface area contributed by atoms with Gasteiger partial charge in [0.05, 0.1) is 11.7 Å². The Morgan fingerprint density at radius 3 is 2.79 bits per heavy atom. The Morgan fingerprint density at radius 2 is 1.96 bits per heavy atom. The number of rotatable bonds is 4. The van der Waals surface area contributed by atoms with Gasteiger partial charge < -0.3 is 4.98 Å². The number of aromatic nitrogens is 3. The van der Waals surface area contributed by atoms with Crippen molar-refractivity contribution in [2.45, 2.75) is 31.8 Å². The van der Waals surface area contributed by atoms with Gasteiger partial charge in [0, 0.05) is 36.1 Å². The quantitative estimate of drug-likeness (QED) is 0.745. The fourth-order valence-corrected chi connectivity index (χ4v) is 3.70. The van der Waals surface area contributed by atoms with Gasteiger partial charge in [0.25, 0.3) is 5.56 Å². The van der Waals surface area contributed by atoms with Gasteiger partial charge >= 0.3 is 0 Å². The second-order valence-electron chi connectivity index (χ2n) is 6.95. The van der Waals surface area contributed by atoms with Crippen LogP contribution >= 0.6 is 0 Å². The first kappa shape index (κ1) is 18.4. The van der Waals surface area contributed by atoms with Crippen molar-refractivity contribution in [3.8, 4) is 11.4 Å². The topological polar surface area (TPSA) is 61.9 Å². The van der Waals surface area contributed by atoms with Gasteiger partial charge in [-0.2, -0.15) is 0 Å². The zero-order valence-electron chi connectivity index (χ0n) is 15.2. The highest BCUT2D eigenvalue weighted by Crippen LogP contribution is 2.32. The van der Waals surface area contributed by atoms with Crippen LogP contribution in [0.2, 0.25) is 0 Å². The van der Waals surface area contributed by atoms with E-state index in [1.165, 1.54) is 12.1 Å². The summed E-state index contributed by atoms with van der Waals surface area (Å²) < 4.78 is 27.7. The van der Waals surface area contributed by atoms with Crippen LogP contribution in [0, 0.1) is 11.6 Å². The highest BCUT2D eigenvalue weighted by Gasteiger charge is 2.27. The molecule has 3 heterocycles. The maximum atomic E-state index is 14.2. The van der Waals surface area contributed by atoms with E-state index in [1.807, 2.05) is 0 Å². The minimum atomic E-state index is -0.847. The molecule has 0 amide bonds. The minimum Gasteiger partial charge on any atom is -0.307 e. The minimum absolute atomic E-state index is 0.126. The van der Waals surface area contributed by atoms with Gasteiger partial charge in [-0.1, -0.05) is 18.6 Å². The Labute approximate surface area is 161 Å². The Bertz CT molecular complexity index is 1020. The molecule has 0 bridgehead atoms. The third-order valence-corrected chi connectivity index (χ3v) is 5.08. The lowest BCUT2D eigenvalue weighted by atomic mass is 9.98. The average molecular weight is 382 g/mol. The standard InChI is InChI=1S/C21H20F2N4O/c22-16-5-3-4-15(20(16)23)13-27-11-2-1-6-18(27)17-12-19(28)26-21(25-17)14-7-9-24-10-8-14/h3-5,7-10,12,18H,1-2,6,11,13H2,(H,25,26,28)/t18-/m1/s1. The molecule has 144 valence electrons. The molecule has 0 saturated carbocycles. The fourth-order valence-electron chi connectivity index (χ4n) is 3.70. The summed E-state index contributed by atoms with van der Waals surface area (Å²) in [5, 5.41) is 0. The number of benzene rings is 1. The lowest BCUT2D eigenvalue weighted by Crippen LogP contribution is -2.34. The van der Waals surface area contributed by atoms with Crippen molar-refractivity contribution in [1.82, 2.24) is 19.9 Å². The predicted octanol–water partition coefficient (Wildman–Crippen LogP) is 3.84. The molecular formula is C21H20F2N4O. The molecule has 5 nitrogen and oxygen atoms in total. The number of H-pyrrole nitrogens is 1. The molecule has 1 aromatic carbocycles. The van der Waals surface area contributed by atoms with Crippen molar-refractivity contribution in [2.24, 2.45) is 0 Å². The molecular weight excluding hydrogens is 362 g/mol. The molecule has 2 aromatic heterocycles. The molecule has 0 spiro atoms. The second-order valence-corrected chi connectivity index (χ2v) is 6.95. The smallest absolute Gasteiger partial charge is 0.251 e. The summed E-state index contributed by atoms with van der Waals surface area (Å²) in [6.45, 7) is 1.01. The van der Waals surface area contributed by atoms with Crippen LogP contribution in [-0.4, -0.2) is 26.4 Å². The highest BCUT2D eigenvalue weighted by atomic mass is 19.2. The predicted molar refractivity (Wildman–Crippen MR) is 101 cm³/mol. The average Bonchev–Trinajstić information content (AvgIpc) is 2.72. The summed E-state index contributed by atoms with van der Waals surface area (Å²) in [6.07, 6.45) is 6.05. The third kappa shape index (κ3) is 3.84. The molecule has 0 unspecified atom stereocenters. The van der Waals surface area contributed by atoms with Crippen LogP contribution in [-0.2, 0) is 6.54 Å². The molecule has 28 heavy (non-hydrogen) atoms. The summed E-state index contributed by atoms with van der Waals surface area (Å²) >= 11 is 0. The first-order valence-corrected chi connectivity index (χ1v) is 9.30. The Balaban J connectivity index is 1.67. The zero-order valence-corrected chi connectivity index (χ0v) is 15.2. The van der Waals surface area contributed by atoms with Crippen LogP contribution in [0.25, 0.3) is 11.4 Å². The highest BCUT2D eigenvalue weighted by molar-refractivity contribution is 5.53. The second kappa shape index (κ2) is 7.98. The summed E-state index contributed by atoms with van der Waals surface area (Å²) in [5.74, 6) is -1.18. The monoisotopic (exact) mass is 382 g/mol. The number of nitrogens with zero attached hydrogens (tertiary/aromatic N) is 3. The normalized spacial score (nSPS) is 17.6. The van der Waals surface area contributed by atoms with Crippen molar-refractivity contribution in [3.05, 3.63) is 82.0 Å². The number of likely N-dealkylation sites (tertiary alicyclic amines) is 1. The molecule has 1 fully saturated rings. The van der Waals surface area contributed by atoms with E-state index in [0.717, 1.165) is 37.4 Å². The largest absolute Gasteiger partial charge is 0.307 e. The van der Waals surface area contributed by atoms with E-state index >= 15 is 0 Å². The molecule has 7 heteroatoms. The Kier molecular flexibility index (Phi) is 5.25. The van der Waals surface area contributed by atoms with Gasteiger partial charge in [0.1, 0.15) is 5.82 Å². The van der Waals surface area contributed by atoms with E-state index in [9.17, 15) is 13.6 Å². The van der Waals surface area contributed by atoms with Crippen LogP contribution in [0.15, 0.2) is 53.6 Å². The molecule has 0 aliphatic carbocycles. The van der Waals surface area contributed by atoms with Crippen molar-refractivity contribution in [1.29, 1.82) is 0 Å². The van der Waals surface area contributed by atoms with E-state index in [4.69, 9.17) is 0 Å². The molecule has 1 atom stereocenters. The maximum absolute atomic E-state index is 14.2. The zero-order chi connectivity index (χ0) is 19.5. The van der Waals surface area contributed by atoms with Gasteiger partial charge in [0.2, 0.25) is 0 Å². The molecule has 1 aliphatic rings. The van der Waals surface area contributed by atoms with Crippen LogP contribution < -0.4 is 5.56 Å². The summed E-state index contributed by atoms with van der Waals surface area (Å²) in [6, 6.07) is 9.16. The van der Waals surface area contributed by atoms with Gasteiger partial charge in [-0.15, -0.1) is 0 Å². The summed E-state index contributed by atoms with van der Waals surface area (Å²) in [7, 11) is 0. The van der Waals surface area contributed by atoms with Crippen molar-refractivity contribution in [2.75, 3.05) is 6.54 Å². The number of piperidine rings is 1. The van der Waals surface area contributed by atoms with Crippen molar-refractivity contribution >= 4 is 0 Å². The lowest BCUT2D eigenvalue weighted by molar-refractivity contribution is 0.135. The fraction of sp³-hybridized carbons (Fsp3) is 0.286. The van der Waals surface area contributed by atoms with E-state index in [1.54, 1.807) is 30.6 Å². The van der Waals surface area contributed by atoms with Crippen LogP contribution in [0.3, 0.4) is 0 Å². The third-order valence-electron chi connectivity index (χ3n) is 5.08. The first-order valence-electron chi connectivity index (χ1n) is 9.30. The van der Waals surface area contributed by atoms with E-state index in [0.29, 0.717) is 17.1 Å². The van der Waals surface area contributed by atoms with Crippen molar-refractivity contribution in [3.63, 3.8) is 0 Å².